The van der Waals surface area contributed by atoms with Gasteiger partial charge in [0.2, 0.25) is 0 Å². The van der Waals surface area contributed by atoms with Crippen LogP contribution in [0.5, 0.6) is 0 Å². The summed E-state index contributed by atoms with van der Waals surface area (Å²) in [6, 6.07) is 21.3. The Morgan fingerprint density at radius 2 is 1.55 bits per heavy atom. The molecule has 2 heteroatoms. The highest BCUT2D eigenvalue weighted by Crippen LogP contribution is 2.31. The molecule has 2 aromatic carbocycles. The lowest BCUT2D eigenvalue weighted by molar-refractivity contribution is 0.498. The summed E-state index contributed by atoms with van der Waals surface area (Å²) < 4.78 is 0. The van der Waals surface area contributed by atoms with Crippen molar-refractivity contribution in [3.05, 3.63) is 71.8 Å². The number of amidine groups is 1. The Balaban J connectivity index is 1.83. The molecule has 1 saturated heterocycles. The van der Waals surface area contributed by atoms with Crippen molar-refractivity contribution in [3.63, 3.8) is 0 Å². The van der Waals surface area contributed by atoms with Crippen molar-refractivity contribution in [1.29, 1.82) is 0 Å². The Bertz CT molecular complexity index is 644. The van der Waals surface area contributed by atoms with Crippen LogP contribution in [-0.4, -0.2) is 24.3 Å². The monoisotopic (exact) mass is 292 g/mol. The molecule has 22 heavy (non-hydrogen) atoms. The predicted molar refractivity (Wildman–Crippen MR) is 93.3 cm³/mol. The quantitative estimate of drug-likeness (QED) is 0.816. The molecule has 1 heterocycles. The van der Waals surface area contributed by atoms with Crippen molar-refractivity contribution in [1.82, 2.24) is 4.90 Å². The molecule has 1 aliphatic heterocycles. The zero-order valence-electron chi connectivity index (χ0n) is 13.7. The highest BCUT2D eigenvalue weighted by Gasteiger charge is 2.29. The molecule has 2 nitrogen and oxygen atoms in total. The molecular weight excluding hydrogens is 268 g/mol. The molecule has 0 aliphatic carbocycles. The van der Waals surface area contributed by atoms with Crippen LogP contribution in [0.2, 0.25) is 0 Å². The molecule has 114 valence electrons. The molecule has 0 amide bonds. The van der Waals surface area contributed by atoms with Crippen LogP contribution in [-0.2, 0) is 5.54 Å². The van der Waals surface area contributed by atoms with Gasteiger partial charge < -0.3 is 4.90 Å². The summed E-state index contributed by atoms with van der Waals surface area (Å²) in [6.45, 7) is 5.44. The smallest absolute Gasteiger partial charge is 0.100 e. The van der Waals surface area contributed by atoms with Crippen molar-refractivity contribution >= 4 is 5.84 Å². The second kappa shape index (κ2) is 5.96. The third-order valence-corrected chi connectivity index (χ3v) is 4.52. The third kappa shape index (κ3) is 3.06. The van der Waals surface area contributed by atoms with Gasteiger partial charge in [-0.15, -0.1) is 0 Å². The third-order valence-electron chi connectivity index (χ3n) is 4.52. The second-order valence-corrected chi connectivity index (χ2v) is 6.65. The Morgan fingerprint density at radius 3 is 2.18 bits per heavy atom. The number of likely N-dealkylation sites (tertiary alicyclic amines) is 1. The minimum absolute atomic E-state index is 0.184. The zero-order valence-corrected chi connectivity index (χ0v) is 13.7. The first kappa shape index (κ1) is 14.8. The number of hydrogen-bond donors (Lipinski definition) is 0. The van der Waals surface area contributed by atoms with E-state index in [0.29, 0.717) is 5.92 Å². The molecule has 1 atom stereocenters. The van der Waals surface area contributed by atoms with Crippen LogP contribution < -0.4 is 0 Å². The van der Waals surface area contributed by atoms with Gasteiger partial charge in [0.1, 0.15) is 5.84 Å². The SMILES string of the molecule is CN1CC(c2ccccc2)CC1=NC(C)(C)c1ccccc1. The molecule has 1 fully saturated rings. The van der Waals surface area contributed by atoms with Crippen LogP contribution in [0.1, 0.15) is 37.3 Å². The van der Waals surface area contributed by atoms with Gasteiger partial charge in [-0.3, -0.25) is 4.99 Å². The summed E-state index contributed by atoms with van der Waals surface area (Å²) in [4.78, 5) is 7.39. The molecule has 3 rings (SSSR count). The normalized spacial score (nSPS) is 20.6. The molecule has 0 aromatic heterocycles. The Kier molecular flexibility index (Phi) is 4.02. The largest absolute Gasteiger partial charge is 0.363 e. The van der Waals surface area contributed by atoms with Crippen molar-refractivity contribution in [2.75, 3.05) is 13.6 Å². The number of hydrogen-bond acceptors (Lipinski definition) is 1. The highest BCUT2D eigenvalue weighted by molar-refractivity contribution is 5.85. The van der Waals surface area contributed by atoms with E-state index in [4.69, 9.17) is 4.99 Å². The Morgan fingerprint density at radius 1 is 0.955 bits per heavy atom. The minimum Gasteiger partial charge on any atom is -0.363 e. The van der Waals surface area contributed by atoms with Crippen LogP contribution in [0.25, 0.3) is 0 Å². The van der Waals surface area contributed by atoms with Crippen molar-refractivity contribution in [2.24, 2.45) is 4.99 Å². The van der Waals surface area contributed by atoms with E-state index in [2.05, 4.69) is 86.5 Å². The fraction of sp³-hybridized carbons (Fsp3) is 0.350. The van der Waals surface area contributed by atoms with E-state index in [0.717, 1.165) is 13.0 Å². The fourth-order valence-electron chi connectivity index (χ4n) is 3.19. The van der Waals surface area contributed by atoms with Gasteiger partial charge in [0.15, 0.2) is 0 Å². The molecule has 2 aromatic rings. The van der Waals surface area contributed by atoms with Gasteiger partial charge in [0.25, 0.3) is 0 Å². The molecule has 0 radical (unpaired) electrons. The first-order valence-corrected chi connectivity index (χ1v) is 7.96. The zero-order chi connectivity index (χ0) is 15.6. The maximum atomic E-state index is 5.08. The summed E-state index contributed by atoms with van der Waals surface area (Å²) in [5.41, 5.74) is 2.49. The first-order valence-electron chi connectivity index (χ1n) is 7.96. The minimum atomic E-state index is -0.184. The van der Waals surface area contributed by atoms with E-state index in [1.165, 1.54) is 17.0 Å². The lowest BCUT2D eigenvalue weighted by Crippen LogP contribution is -2.24. The molecule has 1 unspecified atom stereocenters. The van der Waals surface area contributed by atoms with Gasteiger partial charge in [0.05, 0.1) is 5.54 Å². The second-order valence-electron chi connectivity index (χ2n) is 6.65. The van der Waals surface area contributed by atoms with Crippen LogP contribution in [0, 0.1) is 0 Å². The van der Waals surface area contributed by atoms with Gasteiger partial charge in [-0.2, -0.15) is 0 Å². The topological polar surface area (TPSA) is 15.6 Å². The summed E-state index contributed by atoms with van der Waals surface area (Å²) in [7, 11) is 2.16. The molecule has 1 aliphatic rings. The van der Waals surface area contributed by atoms with E-state index < -0.39 is 0 Å². The van der Waals surface area contributed by atoms with E-state index in [1.807, 2.05) is 0 Å². The molecule has 0 spiro atoms. The summed E-state index contributed by atoms with van der Waals surface area (Å²) in [6.07, 6.45) is 1.02. The van der Waals surface area contributed by atoms with E-state index >= 15 is 0 Å². The summed E-state index contributed by atoms with van der Waals surface area (Å²) >= 11 is 0. The van der Waals surface area contributed by atoms with Gasteiger partial charge >= 0.3 is 0 Å². The van der Waals surface area contributed by atoms with Gasteiger partial charge in [0, 0.05) is 25.9 Å². The number of likely N-dealkylation sites (N-methyl/N-ethyl adjacent to an activating group) is 1. The number of benzene rings is 2. The van der Waals surface area contributed by atoms with Crippen LogP contribution in [0.3, 0.4) is 0 Å². The lowest BCUT2D eigenvalue weighted by atomic mass is 9.94. The molecule has 0 N–H and O–H groups in total. The maximum Gasteiger partial charge on any atom is 0.100 e. The molecular formula is C20H24N2. The number of aliphatic imine (C=N–C) groups is 1. The highest BCUT2D eigenvalue weighted by atomic mass is 15.2. The van der Waals surface area contributed by atoms with Gasteiger partial charge in [-0.25, -0.2) is 0 Å². The number of nitrogens with zero attached hydrogens (tertiary/aromatic N) is 2. The van der Waals surface area contributed by atoms with Crippen LogP contribution in [0.4, 0.5) is 0 Å². The molecule has 0 saturated carbocycles. The average molecular weight is 292 g/mol. The Labute approximate surface area is 133 Å². The van der Waals surface area contributed by atoms with Crippen LogP contribution >= 0.6 is 0 Å². The van der Waals surface area contributed by atoms with Crippen molar-refractivity contribution in [3.8, 4) is 0 Å². The fourth-order valence-corrected chi connectivity index (χ4v) is 3.19. The maximum absolute atomic E-state index is 5.08. The Hall–Kier alpha value is -2.09. The van der Waals surface area contributed by atoms with Crippen molar-refractivity contribution in [2.45, 2.75) is 31.7 Å². The van der Waals surface area contributed by atoms with Gasteiger partial charge in [-0.1, -0.05) is 60.7 Å². The predicted octanol–water partition coefficient (Wildman–Crippen LogP) is 4.44. The lowest BCUT2D eigenvalue weighted by Gasteiger charge is -2.23. The average Bonchev–Trinajstić information content (AvgIpc) is 2.89. The first-order chi connectivity index (χ1) is 10.6. The standard InChI is InChI=1S/C20H24N2/c1-20(2,18-12-8-5-9-13-18)21-19-14-17(15-22(19)3)16-10-6-4-7-11-16/h4-13,17H,14-15H2,1-3H3. The van der Waals surface area contributed by atoms with E-state index in [1.54, 1.807) is 0 Å². The molecule has 0 bridgehead atoms. The summed E-state index contributed by atoms with van der Waals surface area (Å²) in [5, 5.41) is 0. The van der Waals surface area contributed by atoms with E-state index in [-0.39, 0.29) is 5.54 Å². The van der Waals surface area contributed by atoms with Crippen LogP contribution in [0.15, 0.2) is 65.7 Å². The van der Waals surface area contributed by atoms with Gasteiger partial charge in [-0.05, 0) is 25.0 Å². The number of rotatable bonds is 3. The van der Waals surface area contributed by atoms with E-state index in [9.17, 15) is 0 Å². The van der Waals surface area contributed by atoms with Crippen molar-refractivity contribution < 1.29 is 0 Å². The summed E-state index contributed by atoms with van der Waals surface area (Å²) in [5.74, 6) is 1.76.